The van der Waals surface area contributed by atoms with Crippen molar-refractivity contribution in [2.75, 3.05) is 25.0 Å². The standard InChI is InChI=1S/C11H11F3N2O/c1-15-5-6-16(10(15)17)9-4-2-3-8(7-9)11(12,13)14/h2-4,7H,5-6H2,1H3. The first kappa shape index (κ1) is 11.8. The van der Waals surface area contributed by atoms with E-state index in [0.717, 1.165) is 12.1 Å². The van der Waals surface area contributed by atoms with E-state index in [1.54, 1.807) is 7.05 Å². The normalized spacial score (nSPS) is 16.8. The molecule has 3 nitrogen and oxygen atoms in total. The second-order valence-corrected chi connectivity index (χ2v) is 3.90. The van der Waals surface area contributed by atoms with Crippen LogP contribution in [0.3, 0.4) is 0 Å². The molecule has 0 bridgehead atoms. The van der Waals surface area contributed by atoms with Gasteiger partial charge in [-0.15, -0.1) is 0 Å². The first-order valence-corrected chi connectivity index (χ1v) is 5.09. The lowest BCUT2D eigenvalue weighted by molar-refractivity contribution is -0.137. The number of rotatable bonds is 1. The maximum atomic E-state index is 12.5. The summed E-state index contributed by atoms with van der Waals surface area (Å²) in [4.78, 5) is 14.5. The Morgan fingerprint density at radius 2 is 1.94 bits per heavy atom. The molecule has 0 atom stereocenters. The van der Waals surface area contributed by atoms with Crippen LogP contribution in [0.5, 0.6) is 0 Å². The average Bonchev–Trinajstić information content (AvgIpc) is 2.59. The van der Waals surface area contributed by atoms with Crippen molar-refractivity contribution in [3.63, 3.8) is 0 Å². The molecule has 0 spiro atoms. The summed E-state index contributed by atoms with van der Waals surface area (Å²) < 4.78 is 37.5. The van der Waals surface area contributed by atoms with Crippen LogP contribution in [-0.4, -0.2) is 31.1 Å². The molecule has 2 amide bonds. The highest BCUT2D eigenvalue weighted by Crippen LogP contribution is 2.32. The molecule has 1 fully saturated rings. The summed E-state index contributed by atoms with van der Waals surface area (Å²) in [6.45, 7) is 0.936. The summed E-state index contributed by atoms with van der Waals surface area (Å²) >= 11 is 0. The first-order chi connectivity index (χ1) is 7.89. The fourth-order valence-electron chi connectivity index (χ4n) is 1.74. The smallest absolute Gasteiger partial charge is 0.326 e. The summed E-state index contributed by atoms with van der Waals surface area (Å²) in [5.74, 6) is 0. The predicted octanol–water partition coefficient (Wildman–Crippen LogP) is 2.58. The Morgan fingerprint density at radius 3 is 2.47 bits per heavy atom. The number of halogens is 3. The van der Waals surface area contributed by atoms with Gasteiger partial charge < -0.3 is 4.90 Å². The average molecular weight is 244 g/mol. The van der Waals surface area contributed by atoms with E-state index < -0.39 is 11.7 Å². The molecule has 0 N–H and O–H groups in total. The highest BCUT2D eigenvalue weighted by Gasteiger charge is 2.32. The van der Waals surface area contributed by atoms with E-state index >= 15 is 0 Å². The van der Waals surface area contributed by atoms with Crippen LogP contribution in [0, 0.1) is 0 Å². The maximum absolute atomic E-state index is 12.5. The summed E-state index contributed by atoms with van der Waals surface area (Å²) in [6, 6.07) is 4.53. The largest absolute Gasteiger partial charge is 0.416 e. The molecule has 1 heterocycles. The summed E-state index contributed by atoms with van der Waals surface area (Å²) in [7, 11) is 1.62. The van der Waals surface area contributed by atoms with Crippen LogP contribution in [0.2, 0.25) is 0 Å². The van der Waals surface area contributed by atoms with E-state index in [1.165, 1.54) is 21.9 Å². The third-order valence-electron chi connectivity index (χ3n) is 2.70. The van der Waals surface area contributed by atoms with Gasteiger partial charge in [0.1, 0.15) is 0 Å². The zero-order chi connectivity index (χ0) is 12.6. The minimum Gasteiger partial charge on any atom is -0.326 e. The molecule has 92 valence electrons. The highest BCUT2D eigenvalue weighted by molar-refractivity contribution is 5.93. The van der Waals surface area contributed by atoms with Crippen LogP contribution in [-0.2, 0) is 6.18 Å². The van der Waals surface area contributed by atoms with Gasteiger partial charge in [0.25, 0.3) is 0 Å². The van der Waals surface area contributed by atoms with Gasteiger partial charge in [0.15, 0.2) is 0 Å². The second-order valence-electron chi connectivity index (χ2n) is 3.90. The first-order valence-electron chi connectivity index (χ1n) is 5.09. The number of benzene rings is 1. The molecule has 1 aliphatic rings. The van der Waals surface area contributed by atoms with Crippen molar-refractivity contribution in [1.29, 1.82) is 0 Å². The third kappa shape index (κ3) is 2.20. The molecule has 1 aliphatic heterocycles. The number of nitrogens with zero attached hydrogens (tertiary/aromatic N) is 2. The van der Waals surface area contributed by atoms with Crippen LogP contribution in [0.4, 0.5) is 23.7 Å². The van der Waals surface area contributed by atoms with Crippen molar-refractivity contribution in [1.82, 2.24) is 4.90 Å². The molecule has 1 saturated heterocycles. The van der Waals surface area contributed by atoms with E-state index in [2.05, 4.69) is 0 Å². The van der Waals surface area contributed by atoms with Crippen LogP contribution in [0.15, 0.2) is 24.3 Å². The Kier molecular flexibility index (Phi) is 2.73. The summed E-state index contributed by atoms with van der Waals surface area (Å²) in [5.41, 5.74) is -0.452. The van der Waals surface area contributed by atoms with Gasteiger partial charge in [0.2, 0.25) is 0 Å². The molecule has 17 heavy (non-hydrogen) atoms. The van der Waals surface area contributed by atoms with E-state index in [1.807, 2.05) is 0 Å². The topological polar surface area (TPSA) is 23.6 Å². The number of hydrogen-bond donors (Lipinski definition) is 0. The van der Waals surface area contributed by atoms with Crippen molar-refractivity contribution >= 4 is 11.7 Å². The molecule has 1 aromatic carbocycles. The monoisotopic (exact) mass is 244 g/mol. The Balaban J connectivity index is 2.31. The molecule has 2 rings (SSSR count). The number of amides is 2. The Hall–Kier alpha value is -1.72. The Morgan fingerprint density at radius 1 is 1.24 bits per heavy atom. The number of anilines is 1. The van der Waals surface area contributed by atoms with Gasteiger partial charge in [-0.3, -0.25) is 4.90 Å². The number of likely N-dealkylation sites (N-methyl/N-ethyl adjacent to an activating group) is 1. The molecule has 0 aliphatic carbocycles. The Bertz CT molecular complexity index is 445. The lowest BCUT2D eigenvalue weighted by atomic mass is 10.2. The van der Waals surface area contributed by atoms with E-state index in [9.17, 15) is 18.0 Å². The van der Waals surface area contributed by atoms with Crippen LogP contribution in [0.25, 0.3) is 0 Å². The van der Waals surface area contributed by atoms with Crippen molar-refractivity contribution in [2.24, 2.45) is 0 Å². The zero-order valence-corrected chi connectivity index (χ0v) is 9.16. The lowest BCUT2D eigenvalue weighted by Crippen LogP contribution is -2.29. The van der Waals surface area contributed by atoms with E-state index in [0.29, 0.717) is 13.1 Å². The van der Waals surface area contributed by atoms with Gasteiger partial charge in [-0.1, -0.05) is 6.07 Å². The number of alkyl halides is 3. The molecular weight excluding hydrogens is 233 g/mol. The van der Waals surface area contributed by atoms with Gasteiger partial charge >= 0.3 is 12.2 Å². The second kappa shape index (κ2) is 3.94. The van der Waals surface area contributed by atoms with Gasteiger partial charge in [0, 0.05) is 25.8 Å². The molecule has 1 aromatic rings. The van der Waals surface area contributed by atoms with Crippen LogP contribution < -0.4 is 4.90 Å². The maximum Gasteiger partial charge on any atom is 0.416 e. The number of carbonyl (C=O) groups excluding carboxylic acids is 1. The summed E-state index contributed by atoms with van der Waals surface area (Å²) in [6.07, 6.45) is -4.38. The van der Waals surface area contributed by atoms with Crippen molar-refractivity contribution in [2.45, 2.75) is 6.18 Å². The van der Waals surface area contributed by atoms with Gasteiger partial charge in [-0.25, -0.2) is 4.79 Å². The fraction of sp³-hybridized carbons (Fsp3) is 0.364. The molecule has 6 heteroatoms. The highest BCUT2D eigenvalue weighted by atomic mass is 19.4. The van der Waals surface area contributed by atoms with Crippen LogP contribution >= 0.6 is 0 Å². The van der Waals surface area contributed by atoms with Crippen molar-refractivity contribution in [3.8, 4) is 0 Å². The van der Waals surface area contributed by atoms with Crippen LogP contribution in [0.1, 0.15) is 5.56 Å². The van der Waals surface area contributed by atoms with E-state index in [-0.39, 0.29) is 11.7 Å². The predicted molar refractivity (Wildman–Crippen MR) is 56.8 cm³/mol. The molecule has 0 unspecified atom stereocenters. The number of urea groups is 1. The minimum atomic E-state index is -4.38. The fourth-order valence-corrected chi connectivity index (χ4v) is 1.74. The SMILES string of the molecule is CN1CCN(c2cccc(C(F)(F)F)c2)C1=O. The number of carbonyl (C=O) groups is 1. The van der Waals surface area contributed by atoms with Gasteiger partial charge in [-0.2, -0.15) is 13.2 Å². The summed E-state index contributed by atoms with van der Waals surface area (Å²) in [5, 5.41) is 0. The zero-order valence-electron chi connectivity index (χ0n) is 9.16. The van der Waals surface area contributed by atoms with Crippen molar-refractivity contribution in [3.05, 3.63) is 29.8 Å². The molecule has 0 radical (unpaired) electrons. The quantitative estimate of drug-likeness (QED) is 0.744. The van der Waals surface area contributed by atoms with Gasteiger partial charge in [-0.05, 0) is 18.2 Å². The minimum absolute atomic E-state index is 0.274. The molecule has 0 aromatic heterocycles. The van der Waals surface area contributed by atoms with E-state index in [4.69, 9.17) is 0 Å². The lowest BCUT2D eigenvalue weighted by Gasteiger charge is -2.17. The van der Waals surface area contributed by atoms with Gasteiger partial charge in [0.05, 0.1) is 5.56 Å². The number of hydrogen-bond acceptors (Lipinski definition) is 1. The van der Waals surface area contributed by atoms with Crippen molar-refractivity contribution < 1.29 is 18.0 Å². The third-order valence-corrected chi connectivity index (χ3v) is 2.70. The molecule has 0 saturated carbocycles. The molecular formula is C11H11F3N2O. The Labute approximate surface area is 96.4 Å².